The molecule has 2 atom stereocenters. The summed E-state index contributed by atoms with van der Waals surface area (Å²) >= 11 is 0. The van der Waals surface area contributed by atoms with Crippen LogP contribution in [0.15, 0.2) is 84.9 Å². The zero-order valence-electron chi connectivity index (χ0n) is 20.4. The summed E-state index contributed by atoms with van der Waals surface area (Å²) in [5, 5.41) is 11.7. The second-order valence-corrected chi connectivity index (χ2v) is 9.50. The van der Waals surface area contributed by atoms with Gasteiger partial charge in [-0.15, -0.1) is 0 Å². The minimum Gasteiger partial charge on any atom is -0.334 e. The molecule has 2 aliphatic rings. The number of urea groups is 1. The Kier molecular flexibility index (Phi) is 7.18. The molecule has 2 heterocycles. The van der Waals surface area contributed by atoms with Crippen LogP contribution in [-0.4, -0.2) is 52.0 Å². The molecule has 0 saturated carbocycles. The number of β-lactam (4-membered cyclic amide) rings is 1. The molecule has 0 radical (unpaired) electrons. The van der Waals surface area contributed by atoms with Gasteiger partial charge < -0.3 is 15.1 Å². The molecule has 0 unspecified atom stereocenters. The van der Waals surface area contributed by atoms with Gasteiger partial charge in [-0.05, 0) is 41.7 Å². The Hall–Kier alpha value is -4.17. The van der Waals surface area contributed by atoms with Gasteiger partial charge in [-0.2, -0.15) is 0 Å². The van der Waals surface area contributed by atoms with Crippen LogP contribution in [0.25, 0.3) is 0 Å². The van der Waals surface area contributed by atoms with Crippen molar-refractivity contribution >= 4 is 17.8 Å². The molecule has 0 aromatic heterocycles. The van der Waals surface area contributed by atoms with Crippen LogP contribution in [0.3, 0.4) is 0 Å². The maximum absolute atomic E-state index is 13.4. The first kappa shape index (κ1) is 24.5. The number of hydrogen-bond donors (Lipinski definition) is 3. The molecule has 5 rings (SSSR count). The zero-order chi connectivity index (χ0) is 25.8. The van der Waals surface area contributed by atoms with Gasteiger partial charge in [0.15, 0.2) is 0 Å². The third-order valence-electron chi connectivity index (χ3n) is 7.34. The van der Waals surface area contributed by atoms with Crippen molar-refractivity contribution in [2.75, 3.05) is 13.1 Å². The van der Waals surface area contributed by atoms with Crippen LogP contribution in [0.4, 0.5) is 4.79 Å². The van der Waals surface area contributed by atoms with E-state index in [9.17, 15) is 14.4 Å². The van der Waals surface area contributed by atoms with E-state index in [1.165, 1.54) is 0 Å². The van der Waals surface area contributed by atoms with Gasteiger partial charge in [0.25, 0.3) is 5.91 Å². The summed E-state index contributed by atoms with van der Waals surface area (Å²) in [5.41, 5.74) is 4.96. The first-order valence-corrected chi connectivity index (χ1v) is 12.5. The lowest BCUT2D eigenvalue weighted by molar-refractivity contribution is -0.156. The highest BCUT2D eigenvalue weighted by Crippen LogP contribution is 2.48. The van der Waals surface area contributed by atoms with Crippen LogP contribution in [0, 0.1) is 0 Å². The smallest absolute Gasteiger partial charge is 0.317 e. The van der Waals surface area contributed by atoms with Crippen LogP contribution in [0.1, 0.15) is 51.8 Å². The number of carbonyl (C=O) groups is 3. The quantitative estimate of drug-likeness (QED) is 0.273. The Labute approximate surface area is 215 Å². The minimum atomic E-state index is -0.580. The molecule has 2 aliphatic heterocycles. The first-order valence-electron chi connectivity index (χ1n) is 12.5. The zero-order valence-corrected chi connectivity index (χ0v) is 20.4. The molecule has 0 aliphatic carbocycles. The molecular formula is C29H30N4O4. The molecule has 190 valence electrons. The monoisotopic (exact) mass is 498 g/mol. The average molecular weight is 499 g/mol. The summed E-state index contributed by atoms with van der Waals surface area (Å²) in [5.74, 6) is -0.607. The van der Waals surface area contributed by atoms with Gasteiger partial charge in [0.05, 0.1) is 12.0 Å². The number of rotatable bonds is 6. The van der Waals surface area contributed by atoms with E-state index in [1.807, 2.05) is 53.4 Å². The van der Waals surface area contributed by atoms with Crippen molar-refractivity contribution in [1.29, 1.82) is 0 Å². The standard InChI is InChI=1S/C29H30N4O4/c34-27(31-37)23-13-11-20(12-14-23)19-30-29(36)32-17-15-24(16-18-32)33-26(22-9-5-2-6-10-22)25(28(33)35)21-7-3-1-4-8-21/h1-14,24-26,37H,15-19H2,(H,30,36)(H,31,34)/t25-,26-/m1/s1. The predicted molar refractivity (Wildman–Crippen MR) is 138 cm³/mol. The van der Waals surface area contributed by atoms with Crippen LogP contribution in [0.5, 0.6) is 0 Å². The van der Waals surface area contributed by atoms with Gasteiger partial charge in [0, 0.05) is 31.2 Å². The second-order valence-electron chi connectivity index (χ2n) is 9.50. The molecule has 8 heteroatoms. The molecular weight excluding hydrogens is 468 g/mol. The number of nitrogens with one attached hydrogen (secondary N) is 2. The third kappa shape index (κ3) is 5.06. The van der Waals surface area contributed by atoms with E-state index < -0.39 is 5.91 Å². The van der Waals surface area contributed by atoms with Crippen molar-refractivity contribution < 1.29 is 19.6 Å². The van der Waals surface area contributed by atoms with E-state index in [-0.39, 0.29) is 29.9 Å². The number of likely N-dealkylation sites (tertiary alicyclic amines) is 2. The minimum absolute atomic E-state index is 0.00244. The van der Waals surface area contributed by atoms with Crippen molar-refractivity contribution in [3.8, 4) is 0 Å². The van der Waals surface area contributed by atoms with E-state index in [1.54, 1.807) is 34.6 Å². The lowest BCUT2D eigenvalue weighted by atomic mass is 9.76. The number of benzene rings is 3. The second kappa shape index (κ2) is 10.8. The van der Waals surface area contributed by atoms with Crippen molar-refractivity contribution in [1.82, 2.24) is 20.6 Å². The topological polar surface area (TPSA) is 102 Å². The number of piperidine rings is 1. The van der Waals surface area contributed by atoms with Crippen LogP contribution < -0.4 is 10.8 Å². The van der Waals surface area contributed by atoms with E-state index >= 15 is 0 Å². The summed E-state index contributed by atoms with van der Waals surface area (Å²) in [6.45, 7) is 1.49. The molecule has 4 amide bonds. The number of hydrogen-bond acceptors (Lipinski definition) is 4. The predicted octanol–water partition coefficient (Wildman–Crippen LogP) is 3.85. The number of amides is 4. The van der Waals surface area contributed by atoms with Gasteiger partial charge in [-0.1, -0.05) is 72.8 Å². The van der Waals surface area contributed by atoms with Crippen molar-refractivity contribution in [2.24, 2.45) is 0 Å². The van der Waals surface area contributed by atoms with Gasteiger partial charge in [0.1, 0.15) is 0 Å². The maximum atomic E-state index is 13.4. The number of carbonyl (C=O) groups excluding carboxylic acids is 3. The molecule has 0 spiro atoms. The highest BCUT2D eigenvalue weighted by molar-refractivity contribution is 5.93. The van der Waals surface area contributed by atoms with Gasteiger partial charge >= 0.3 is 6.03 Å². The van der Waals surface area contributed by atoms with E-state index in [0.29, 0.717) is 25.2 Å². The SMILES string of the molecule is O=C(NO)c1ccc(CNC(=O)N2CCC(N3C(=O)[C@H](c4ccccc4)[C@H]3c3ccccc3)CC2)cc1. The molecule has 8 nitrogen and oxygen atoms in total. The van der Waals surface area contributed by atoms with Crippen LogP contribution in [0.2, 0.25) is 0 Å². The number of hydroxylamine groups is 1. The molecule has 3 aromatic carbocycles. The third-order valence-corrected chi connectivity index (χ3v) is 7.34. The molecule has 3 aromatic rings. The number of nitrogens with zero attached hydrogens (tertiary/aromatic N) is 2. The fourth-order valence-corrected chi connectivity index (χ4v) is 5.38. The summed E-state index contributed by atoms with van der Waals surface area (Å²) in [6.07, 6.45) is 1.46. The van der Waals surface area contributed by atoms with E-state index in [2.05, 4.69) is 17.4 Å². The van der Waals surface area contributed by atoms with Crippen LogP contribution in [-0.2, 0) is 11.3 Å². The van der Waals surface area contributed by atoms with Gasteiger partial charge in [0.2, 0.25) is 5.91 Å². The summed E-state index contributed by atoms with van der Waals surface area (Å²) in [4.78, 5) is 41.4. The van der Waals surface area contributed by atoms with Gasteiger partial charge in [-0.3, -0.25) is 14.8 Å². The molecule has 2 saturated heterocycles. The molecule has 0 bridgehead atoms. The molecule has 2 fully saturated rings. The lowest BCUT2D eigenvalue weighted by Gasteiger charge is -2.53. The Morgan fingerprint density at radius 3 is 2.03 bits per heavy atom. The van der Waals surface area contributed by atoms with Crippen LogP contribution >= 0.6 is 0 Å². The Morgan fingerprint density at radius 2 is 1.43 bits per heavy atom. The maximum Gasteiger partial charge on any atom is 0.317 e. The fourth-order valence-electron chi connectivity index (χ4n) is 5.38. The van der Waals surface area contributed by atoms with Crippen molar-refractivity contribution in [3.63, 3.8) is 0 Å². The largest absolute Gasteiger partial charge is 0.334 e. The lowest BCUT2D eigenvalue weighted by Crippen LogP contribution is -2.60. The Morgan fingerprint density at radius 1 is 0.838 bits per heavy atom. The van der Waals surface area contributed by atoms with Crippen molar-refractivity contribution in [2.45, 2.75) is 37.4 Å². The van der Waals surface area contributed by atoms with Crippen molar-refractivity contribution in [3.05, 3.63) is 107 Å². The molecule has 3 N–H and O–H groups in total. The molecule has 37 heavy (non-hydrogen) atoms. The Bertz CT molecular complexity index is 1240. The normalized spacial score (nSPS) is 19.8. The highest BCUT2D eigenvalue weighted by atomic mass is 16.5. The highest BCUT2D eigenvalue weighted by Gasteiger charge is 2.51. The fraction of sp³-hybridized carbons (Fsp3) is 0.276. The summed E-state index contributed by atoms with van der Waals surface area (Å²) in [6, 6.07) is 26.8. The van der Waals surface area contributed by atoms with E-state index in [4.69, 9.17) is 5.21 Å². The van der Waals surface area contributed by atoms with E-state index in [0.717, 1.165) is 29.5 Å². The summed E-state index contributed by atoms with van der Waals surface area (Å²) < 4.78 is 0. The van der Waals surface area contributed by atoms with Gasteiger partial charge in [-0.25, -0.2) is 10.3 Å². The Balaban J connectivity index is 1.19. The summed E-state index contributed by atoms with van der Waals surface area (Å²) in [7, 11) is 0. The average Bonchev–Trinajstić information content (AvgIpc) is 2.96. The first-order chi connectivity index (χ1) is 18.1.